The van der Waals surface area contributed by atoms with E-state index in [4.69, 9.17) is 9.72 Å². The zero-order valence-electron chi connectivity index (χ0n) is 18.0. The van der Waals surface area contributed by atoms with E-state index in [1.807, 2.05) is 18.2 Å². The highest BCUT2D eigenvalue weighted by atomic mass is 16.5. The fraction of sp³-hybridized carbons (Fsp3) is 0.417. The van der Waals surface area contributed by atoms with Gasteiger partial charge >= 0.3 is 0 Å². The monoisotopic (exact) mass is 432 g/mol. The Morgan fingerprint density at radius 3 is 2.66 bits per heavy atom. The first-order valence-corrected chi connectivity index (χ1v) is 11.3. The maximum Gasteiger partial charge on any atom is 0.228 e. The van der Waals surface area contributed by atoms with Crippen LogP contribution in [-0.2, 0) is 9.53 Å². The maximum atomic E-state index is 12.6. The van der Waals surface area contributed by atoms with Crippen LogP contribution in [0.4, 0.5) is 11.6 Å². The lowest BCUT2D eigenvalue weighted by molar-refractivity contribution is -0.122. The van der Waals surface area contributed by atoms with Crippen molar-refractivity contribution in [1.82, 2.24) is 20.3 Å². The van der Waals surface area contributed by atoms with Crippen molar-refractivity contribution < 1.29 is 9.53 Å². The molecule has 2 saturated heterocycles. The molecule has 3 N–H and O–H groups in total. The number of pyridine rings is 1. The minimum absolute atomic E-state index is 0.0128. The Hall–Kier alpha value is -3.10. The van der Waals surface area contributed by atoms with Crippen LogP contribution in [0.5, 0.6) is 0 Å². The minimum atomic E-state index is -0.0157. The zero-order valence-corrected chi connectivity index (χ0v) is 18.0. The van der Waals surface area contributed by atoms with Gasteiger partial charge in [-0.1, -0.05) is 12.1 Å². The molecule has 0 unspecified atom stereocenters. The average Bonchev–Trinajstić information content (AvgIpc) is 2.85. The summed E-state index contributed by atoms with van der Waals surface area (Å²) in [6.45, 7) is 3.33. The first-order chi connectivity index (χ1) is 15.7. The molecular formula is C24H28N6O2. The lowest BCUT2D eigenvalue weighted by Crippen LogP contribution is -2.35. The Morgan fingerprint density at radius 2 is 1.81 bits per heavy atom. The summed E-state index contributed by atoms with van der Waals surface area (Å²) in [6.07, 6.45) is 9.02. The number of aromatic nitrogens is 3. The van der Waals surface area contributed by atoms with Gasteiger partial charge in [0, 0.05) is 42.3 Å². The van der Waals surface area contributed by atoms with E-state index in [9.17, 15) is 4.79 Å². The molecule has 8 nitrogen and oxygen atoms in total. The lowest BCUT2D eigenvalue weighted by atomic mass is 9.99. The predicted molar refractivity (Wildman–Crippen MR) is 124 cm³/mol. The topological polar surface area (TPSA) is 101 Å². The molecule has 1 aromatic carbocycles. The third-order valence-corrected chi connectivity index (χ3v) is 6.19. The van der Waals surface area contributed by atoms with Gasteiger partial charge in [0.1, 0.15) is 11.6 Å². The molecule has 5 rings (SSSR count). The van der Waals surface area contributed by atoms with E-state index in [-0.39, 0.29) is 11.8 Å². The number of hydrogen-bond donors (Lipinski definition) is 3. The largest absolute Gasteiger partial charge is 0.381 e. The highest BCUT2D eigenvalue weighted by Crippen LogP contribution is 2.26. The van der Waals surface area contributed by atoms with Gasteiger partial charge in [0.2, 0.25) is 5.91 Å². The van der Waals surface area contributed by atoms with Crippen molar-refractivity contribution in [2.24, 2.45) is 5.92 Å². The van der Waals surface area contributed by atoms with Gasteiger partial charge in [-0.15, -0.1) is 0 Å². The quantitative estimate of drug-likeness (QED) is 0.569. The molecule has 8 heteroatoms. The number of ether oxygens (including phenoxy) is 1. The van der Waals surface area contributed by atoms with Gasteiger partial charge in [-0.25, -0.2) is 9.97 Å². The molecule has 2 fully saturated rings. The molecule has 0 aliphatic carbocycles. The molecule has 2 aromatic heterocycles. The molecule has 4 heterocycles. The molecule has 3 aromatic rings. The van der Waals surface area contributed by atoms with Crippen molar-refractivity contribution in [1.29, 1.82) is 0 Å². The van der Waals surface area contributed by atoms with Gasteiger partial charge in [-0.3, -0.25) is 9.78 Å². The Bertz CT molecular complexity index is 1090. The number of fused-ring (bicyclic) bond motifs is 1. The highest BCUT2D eigenvalue weighted by Gasteiger charge is 2.22. The smallest absolute Gasteiger partial charge is 0.228 e. The van der Waals surface area contributed by atoms with Crippen LogP contribution in [0.3, 0.4) is 0 Å². The number of nitrogens with zero attached hydrogens (tertiary/aromatic N) is 3. The van der Waals surface area contributed by atoms with Crippen LogP contribution < -0.4 is 16.0 Å². The van der Waals surface area contributed by atoms with E-state index < -0.39 is 0 Å². The Labute approximate surface area is 187 Å². The van der Waals surface area contributed by atoms with Crippen molar-refractivity contribution in [3.8, 4) is 11.3 Å². The molecule has 0 radical (unpaired) electrons. The summed E-state index contributed by atoms with van der Waals surface area (Å²) < 4.78 is 5.35. The summed E-state index contributed by atoms with van der Waals surface area (Å²) in [5.74, 6) is 1.36. The molecule has 0 saturated carbocycles. The highest BCUT2D eigenvalue weighted by molar-refractivity contribution is 5.95. The summed E-state index contributed by atoms with van der Waals surface area (Å²) >= 11 is 0. The fourth-order valence-corrected chi connectivity index (χ4v) is 4.31. The normalized spacial score (nSPS) is 17.9. The van der Waals surface area contributed by atoms with Crippen molar-refractivity contribution in [2.75, 3.05) is 36.9 Å². The molecule has 0 bridgehead atoms. The van der Waals surface area contributed by atoms with E-state index in [1.165, 1.54) is 0 Å². The molecule has 32 heavy (non-hydrogen) atoms. The predicted octanol–water partition coefficient (Wildman–Crippen LogP) is 3.22. The summed E-state index contributed by atoms with van der Waals surface area (Å²) in [5.41, 5.74) is 1.79. The van der Waals surface area contributed by atoms with Gasteiger partial charge in [-0.2, -0.15) is 0 Å². The van der Waals surface area contributed by atoms with Crippen LogP contribution in [-0.4, -0.2) is 53.2 Å². The number of carbonyl (C=O) groups is 1. The first-order valence-electron chi connectivity index (χ1n) is 11.3. The molecule has 166 valence electrons. The second kappa shape index (κ2) is 9.58. The van der Waals surface area contributed by atoms with Gasteiger partial charge in [-0.05, 0) is 56.3 Å². The average molecular weight is 433 g/mol. The lowest BCUT2D eigenvalue weighted by Gasteiger charge is -2.24. The minimum Gasteiger partial charge on any atom is -0.381 e. The van der Waals surface area contributed by atoms with E-state index in [1.54, 1.807) is 18.6 Å². The number of piperidine rings is 1. The number of amides is 1. The van der Waals surface area contributed by atoms with Crippen LogP contribution in [0.1, 0.15) is 25.7 Å². The Morgan fingerprint density at radius 1 is 0.969 bits per heavy atom. The van der Waals surface area contributed by atoms with Crippen molar-refractivity contribution >= 4 is 28.3 Å². The number of benzene rings is 1. The molecular weight excluding hydrogens is 404 g/mol. The van der Waals surface area contributed by atoms with Gasteiger partial charge in [0.05, 0.1) is 18.1 Å². The third-order valence-electron chi connectivity index (χ3n) is 6.19. The standard InChI is InChI=1S/C24H28N6O2/c31-24(16-5-9-32-10-6-16)30-22-12-19-11-17(1-2-18(19)13-27-22)21-14-26-15-23(29-21)28-20-3-7-25-8-4-20/h1-2,11-16,20,25H,3-10H2,(H,28,29)(H,27,30,31). The van der Waals surface area contributed by atoms with E-state index in [0.717, 1.165) is 66.6 Å². The van der Waals surface area contributed by atoms with Crippen LogP contribution in [0, 0.1) is 5.92 Å². The summed E-state index contributed by atoms with van der Waals surface area (Å²) in [4.78, 5) is 26.2. The van der Waals surface area contributed by atoms with E-state index >= 15 is 0 Å². The zero-order chi connectivity index (χ0) is 21.8. The van der Waals surface area contributed by atoms with E-state index in [0.29, 0.717) is 25.1 Å². The van der Waals surface area contributed by atoms with Crippen LogP contribution in [0.2, 0.25) is 0 Å². The number of anilines is 2. The van der Waals surface area contributed by atoms with Crippen LogP contribution in [0.25, 0.3) is 22.0 Å². The van der Waals surface area contributed by atoms with Crippen LogP contribution in [0.15, 0.2) is 42.9 Å². The second-order valence-electron chi connectivity index (χ2n) is 8.47. The number of carbonyl (C=O) groups excluding carboxylic acids is 1. The van der Waals surface area contributed by atoms with Crippen molar-refractivity contribution in [3.63, 3.8) is 0 Å². The molecule has 2 aliphatic rings. The summed E-state index contributed by atoms with van der Waals surface area (Å²) in [5, 5.41) is 11.9. The maximum absolute atomic E-state index is 12.6. The fourth-order valence-electron chi connectivity index (χ4n) is 4.31. The van der Waals surface area contributed by atoms with Gasteiger partial charge in [0.25, 0.3) is 0 Å². The number of nitrogens with one attached hydrogen (secondary N) is 3. The Balaban J connectivity index is 1.34. The third kappa shape index (κ3) is 4.87. The Kier molecular flexibility index (Phi) is 6.22. The van der Waals surface area contributed by atoms with Gasteiger partial charge in [0.15, 0.2) is 0 Å². The second-order valence-corrected chi connectivity index (χ2v) is 8.47. The molecule has 0 spiro atoms. The van der Waals surface area contributed by atoms with E-state index in [2.05, 4.69) is 32.0 Å². The first kappa shape index (κ1) is 20.8. The van der Waals surface area contributed by atoms with Crippen molar-refractivity contribution in [2.45, 2.75) is 31.7 Å². The van der Waals surface area contributed by atoms with Gasteiger partial charge < -0.3 is 20.7 Å². The number of rotatable bonds is 5. The summed E-state index contributed by atoms with van der Waals surface area (Å²) in [7, 11) is 0. The molecule has 1 amide bonds. The summed E-state index contributed by atoms with van der Waals surface area (Å²) in [6, 6.07) is 8.46. The SMILES string of the molecule is O=C(Nc1cc2cc(-c3cncc(NC4CCNCC4)n3)ccc2cn1)C1CCOCC1. The van der Waals surface area contributed by atoms with Crippen LogP contribution >= 0.6 is 0 Å². The number of hydrogen-bond acceptors (Lipinski definition) is 7. The molecule has 2 aliphatic heterocycles. The van der Waals surface area contributed by atoms with Crippen molar-refractivity contribution in [3.05, 3.63) is 42.9 Å². The molecule has 0 atom stereocenters.